The van der Waals surface area contributed by atoms with Gasteiger partial charge in [0.2, 0.25) is 0 Å². The van der Waals surface area contributed by atoms with E-state index in [1.165, 1.54) is 5.56 Å². The third-order valence-electron chi connectivity index (χ3n) is 4.37. The first-order valence-corrected chi connectivity index (χ1v) is 9.07. The van der Waals surface area contributed by atoms with Crippen LogP contribution in [0.1, 0.15) is 43.4 Å². The van der Waals surface area contributed by atoms with Crippen LogP contribution >= 0.6 is 0 Å². The van der Waals surface area contributed by atoms with Crippen molar-refractivity contribution in [2.75, 3.05) is 0 Å². The average Bonchev–Trinajstić information content (AvgIpc) is 2.61. The molecule has 3 heteroatoms. The van der Waals surface area contributed by atoms with E-state index < -0.39 is 6.10 Å². The topological polar surface area (TPSA) is 38.3 Å². The maximum atomic E-state index is 12.6. The lowest BCUT2D eigenvalue weighted by Gasteiger charge is -2.21. The normalized spacial score (nSPS) is 13.1. The first kappa shape index (κ1) is 19.0. The summed E-state index contributed by atoms with van der Waals surface area (Å²) in [6, 6.07) is 16.5. The summed E-state index contributed by atoms with van der Waals surface area (Å²) in [5.41, 5.74) is 3.48. The first-order valence-electron chi connectivity index (χ1n) is 9.07. The molecule has 2 rings (SSSR count). The van der Waals surface area contributed by atoms with Crippen molar-refractivity contribution in [1.29, 1.82) is 0 Å². The number of benzene rings is 2. The molecule has 0 aliphatic rings. The van der Waals surface area contributed by atoms with Crippen LogP contribution in [-0.2, 0) is 11.2 Å². The zero-order valence-electron chi connectivity index (χ0n) is 15.7. The molecule has 2 aromatic rings. The SMILES string of the molecule is CC[C@H](Oc1cc(C)ccc1C)C(=O)N[C@H](C)CCc1ccccc1. The van der Waals surface area contributed by atoms with Gasteiger partial charge < -0.3 is 10.1 Å². The summed E-state index contributed by atoms with van der Waals surface area (Å²) >= 11 is 0. The molecule has 2 atom stereocenters. The summed E-state index contributed by atoms with van der Waals surface area (Å²) in [6.07, 6.45) is 2.05. The van der Waals surface area contributed by atoms with E-state index in [4.69, 9.17) is 4.74 Å². The summed E-state index contributed by atoms with van der Waals surface area (Å²) in [7, 11) is 0. The van der Waals surface area contributed by atoms with Crippen LogP contribution in [-0.4, -0.2) is 18.1 Å². The van der Waals surface area contributed by atoms with Crippen molar-refractivity contribution >= 4 is 5.91 Å². The number of carbonyl (C=O) groups is 1. The summed E-state index contributed by atoms with van der Waals surface area (Å²) in [5, 5.41) is 3.09. The second kappa shape index (κ2) is 9.26. The summed E-state index contributed by atoms with van der Waals surface area (Å²) in [6.45, 7) is 8.05. The molecule has 0 fully saturated rings. The number of amides is 1. The molecule has 0 spiro atoms. The molecule has 3 nitrogen and oxygen atoms in total. The molecule has 0 bridgehead atoms. The Kier molecular flexibility index (Phi) is 7.05. The van der Waals surface area contributed by atoms with Crippen molar-refractivity contribution in [2.24, 2.45) is 0 Å². The Hall–Kier alpha value is -2.29. The Labute approximate surface area is 151 Å². The Morgan fingerprint density at radius 1 is 1.12 bits per heavy atom. The molecule has 0 aliphatic heterocycles. The van der Waals surface area contributed by atoms with Crippen molar-refractivity contribution < 1.29 is 9.53 Å². The van der Waals surface area contributed by atoms with E-state index in [1.807, 2.05) is 58.0 Å². The average molecular weight is 339 g/mol. The fourth-order valence-electron chi connectivity index (χ4n) is 2.75. The highest BCUT2D eigenvalue weighted by Crippen LogP contribution is 2.21. The van der Waals surface area contributed by atoms with Crippen molar-refractivity contribution in [3.8, 4) is 5.75 Å². The number of nitrogens with one attached hydrogen (secondary N) is 1. The molecular formula is C22H29NO2. The number of hydrogen-bond donors (Lipinski definition) is 1. The highest BCUT2D eigenvalue weighted by Gasteiger charge is 2.20. The maximum Gasteiger partial charge on any atom is 0.261 e. The number of ether oxygens (including phenoxy) is 1. The number of rotatable bonds is 8. The standard InChI is InChI=1S/C22H29NO2/c1-5-20(25-21-15-16(2)11-12-17(21)3)22(24)23-18(4)13-14-19-9-7-6-8-10-19/h6-12,15,18,20H,5,13-14H2,1-4H3,(H,23,24)/t18-,20+/m1/s1. The molecule has 0 saturated carbocycles. The van der Waals surface area contributed by atoms with Gasteiger partial charge in [0.25, 0.3) is 5.91 Å². The van der Waals surface area contributed by atoms with E-state index in [-0.39, 0.29) is 11.9 Å². The van der Waals surface area contributed by atoms with E-state index in [0.29, 0.717) is 6.42 Å². The summed E-state index contributed by atoms with van der Waals surface area (Å²) in [4.78, 5) is 12.6. The van der Waals surface area contributed by atoms with Crippen LogP contribution in [0.5, 0.6) is 5.75 Å². The summed E-state index contributed by atoms with van der Waals surface area (Å²) < 4.78 is 5.99. The smallest absolute Gasteiger partial charge is 0.261 e. The van der Waals surface area contributed by atoms with E-state index in [1.54, 1.807) is 0 Å². The van der Waals surface area contributed by atoms with Crippen molar-refractivity contribution in [3.05, 3.63) is 65.2 Å². The second-order valence-corrected chi connectivity index (χ2v) is 6.72. The lowest BCUT2D eigenvalue weighted by molar-refractivity contribution is -0.128. The van der Waals surface area contributed by atoms with Crippen LogP contribution in [0.3, 0.4) is 0 Å². The molecule has 134 valence electrons. The lowest BCUT2D eigenvalue weighted by Crippen LogP contribution is -2.42. The van der Waals surface area contributed by atoms with E-state index in [2.05, 4.69) is 23.5 Å². The third kappa shape index (κ3) is 5.93. The third-order valence-corrected chi connectivity index (χ3v) is 4.37. The van der Waals surface area contributed by atoms with Crippen LogP contribution < -0.4 is 10.1 Å². The van der Waals surface area contributed by atoms with Crippen molar-refractivity contribution in [2.45, 2.75) is 59.1 Å². The Balaban J connectivity index is 1.89. The minimum atomic E-state index is -0.459. The van der Waals surface area contributed by atoms with Crippen LogP contribution in [0.4, 0.5) is 0 Å². The monoisotopic (exact) mass is 339 g/mol. The fraction of sp³-hybridized carbons (Fsp3) is 0.409. The van der Waals surface area contributed by atoms with Gasteiger partial charge in [0.1, 0.15) is 5.75 Å². The Morgan fingerprint density at radius 3 is 2.52 bits per heavy atom. The lowest BCUT2D eigenvalue weighted by atomic mass is 10.1. The molecular weight excluding hydrogens is 310 g/mol. The minimum Gasteiger partial charge on any atom is -0.480 e. The number of hydrogen-bond acceptors (Lipinski definition) is 2. The molecule has 0 unspecified atom stereocenters. The van der Waals surface area contributed by atoms with Crippen molar-refractivity contribution in [1.82, 2.24) is 5.32 Å². The van der Waals surface area contributed by atoms with E-state index >= 15 is 0 Å². The molecule has 0 aromatic heterocycles. The zero-order chi connectivity index (χ0) is 18.2. The maximum absolute atomic E-state index is 12.6. The van der Waals surface area contributed by atoms with E-state index in [0.717, 1.165) is 29.7 Å². The highest BCUT2D eigenvalue weighted by molar-refractivity contribution is 5.81. The van der Waals surface area contributed by atoms with Crippen LogP contribution in [0.25, 0.3) is 0 Å². The van der Waals surface area contributed by atoms with Crippen LogP contribution in [0.2, 0.25) is 0 Å². The quantitative estimate of drug-likeness (QED) is 0.763. The molecule has 0 saturated heterocycles. The van der Waals surface area contributed by atoms with Gasteiger partial charge in [0, 0.05) is 6.04 Å². The minimum absolute atomic E-state index is 0.0380. The van der Waals surface area contributed by atoms with Gasteiger partial charge in [-0.1, -0.05) is 49.4 Å². The Morgan fingerprint density at radius 2 is 1.84 bits per heavy atom. The molecule has 2 aromatic carbocycles. The zero-order valence-corrected chi connectivity index (χ0v) is 15.7. The molecule has 0 aliphatic carbocycles. The predicted molar refractivity (Wildman–Crippen MR) is 103 cm³/mol. The van der Waals surface area contributed by atoms with Gasteiger partial charge in [-0.15, -0.1) is 0 Å². The second-order valence-electron chi connectivity index (χ2n) is 6.72. The molecule has 0 radical (unpaired) electrons. The van der Waals surface area contributed by atoms with Crippen molar-refractivity contribution in [3.63, 3.8) is 0 Å². The number of carbonyl (C=O) groups excluding carboxylic acids is 1. The van der Waals surface area contributed by atoms with E-state index in [9.17, 15) is 4.79 Å². The van der Waals surface area contributed by atoms with Gasteiger partial charge in [0.15, 0.2) is 6.10 Å². The number of aryl methyl sites for hydroxylation is 3. The van der Waals surface area contributed by atoms with Gasteiger partial charge in [-0.3, -0.25) is 4.79 Å². The van der Waals surface area contributed by atoms with Gasteiger partial charge in [-0.05, 0) is 62.8 Å². The molecule has 1 amide bonds. The predicted octanol–water partition coefficient (Wildman–Crippen LogP) is 4.60. The van der Waals surface area contributed by atoms with Gasteiger partial charge in [-0.2, -0.15) is 0 Å². The van der Waals surface area contributed by atoms with Crippen LogP contribution in [0, 0.1) is 13.8 Å². The molecule has 1 N–H and O–H groups in total. The first-order chi connectivity index (χ1) is 12.0. The van der Waals surface area contributed by atoms with Gasteiger partial charge in [0.05, 0.1) is 0 Å². The fourth-order valence-corrected chi connectivity index (χ4v) is 2.75. The highest BCUT2D eigenvalue weighted by atomic mass is 16.5. The van der Waals surface area contributed by atoms with Crippen LogP contribution in [0.15, 0.2) is 48.5 Å². The largest absolute Gasteiger partial charge is 0.480 e. The molecule has 25 heavy (non-hydrogen) atoms. The molecule has 0 heterocycles. The Bertz CT molecular complexity index is 682. The van der Waals surface area contributed by atoms with Gasteiger partial charge >= 0.3 is 0 Å². The van der Waals surface area contributed by atoms with Gasteiger partial charge in [-0.25, -0.2) is 0 Å². The summed E-state index contributed by atoms with van der Waals surface area (Å²) in [5.74, 6) is 0.753.